The molecule has 32 heavy (non-hydrogen) atoms. The number of methoxy groups -OCH3 is 1. The fourth-order valence-corrected chi connectivity index (χ4v) is 5.51. The van der Waals surface area contributed by atoms with E-state index in [1.807, 2.05) is 36.4 Å². The molecule has 0 saturated carbocycles. The molecule has 0 spiro atoms. The maximum absolute atomic E-state index is 13.2. The SMILES string of the molecule is COc1cccc(NC(=O)CSc2nc3c(c(=O)n2CCc2ccccc2)SC(C)C3)c1. The van der Waals surface area contributed by atoms with Gasteiger partial charge in [-0.15, -0.1) is 11.8 Å². The van der Waals surface area contributed by atoms with Gasteiger partial charge < -0.3 is 10.1 Å². The van der Waals surface area contributed by atoms with Crippen molar-refractivity contribution in [3.8, 4) is 5.75 Å². The lowest BCUT2D eigenvalue weighted by molar-refractivity contribution is -0.113. The number of benzene rings is 2. The topological polar surface area (TPSA) is 73.2 Å². The maximum Gasteiger partial charge on any atom is 0.268 e. The third-order valence-electron chi connectivity index (χ3n) is 5.12. The highest BCUT2D eigenvalue weighted by molar-refractivity contribution is 8.00. The van der Waals surface area contributed by atoms with Crippen LogP contribution in [0.3, 0.4) is 0 Å². The molecule has 1 unspecified atom stereocenters. The van der Waals surface area contributed by atoms with E-state index >= 15 is 0 Å². The van der Waals surface area contributed by atoms with Crippen LogP contribution in [0.25, 0.3) is 0 Å². The second kappa shape index (κ2) is 10.3. The normalized spacial score (nSPS) is 14.8. The van der Waals surface area contributed by atoms with Crippen LogP contribution in [0.2, 0.25) is 0 Å². The number of hydrogen-bond donors (Lipinski definition) is 1. The zero-order valence-corrected chi connectivity index (χ0v) is 19.7. The van der Waals surface area contributed by atoms with E-state index in [0.29, 0.717) is 28.4 Å². The van der Waals surface area contributed by atoms with Crippen LogP contribution in [0.5, 0.6) is 5.75 Å². The number of carbonyl (C=O) groups excluding carboxylic acids is 1. The minimum absolute atomic E-state index is 0.00372. The zero-order valence-electron chi connectivity index (χ0n) is 18.0. The number of carbonyl (C=O) groups is 1. The van der Waals surface area contributed by atoms with Crippen LogP contribution >= 0.6 is 23.5 Å². The zero-order chi connectivity index (χ0) is 22.5. The van der Waals surface area contributed by atoms with Crippen molar-refractivity contribution in [2.24, 2.45) is 0 Å². The largest absolute Gasteiger partial charge is 0.497 e. The molecule has 0 saturated heterocycles. The molecular formula is C24H25N3O3S2. The average molecular weight is 468 g/mol. The maximum atomic E-state index is 13.2. The van der Waals surface area contributed by atoms with Crippen LogP contribution in [-0.2, 0) is 24.2 Å². The number of hydrogen-bond acceptors (Lipinski definition) is 6. The lowest BCUT2D eigenvalue weighted by Crippen LogP contribution is -2.27. The number of ether oxygens (including phenoxy) is 1. The van der Waals surface area contributed by atoms with Gasteiger partial charge in [0.15, 0.2) is 5.16 Å². The van der Waals surface area contributed by atoms with Crippen molar-refractivity contribution in [2.75, 3.05) is 18.2 Å². The molecule has 0 radical (unpaired) electrons. The number of thioether (sulfide) groups is 2. The Balaban J connectivity index is 1.51. The van der Waals surface area contributed by atoms with Crippen molar-refractivity contribution in [2.45, 2.75) is 41.6 Å². The van der Waals surface area contributed by atoms with E-state index in [9.17, 15) is 9.59 Å². The number of aromatic nitrogens is 2. The first kappa shape index (κ1) is 22.5. The molecule has 166 valence electrons. The molecular weight excluding hydrogens is 442 g/mol. The van der Waals surface area contributed by atoms with Crippen LogP contribution in [0.1, 0.15) is 18.2 Å². The van der Waals surface area contributed by atoms with Crippen LogP contribution < -0.4 is 15.6 Å². The summed E-state index contributed by atoms with van der Waals surface area (Å²) >= 11 is 2.90. The van der Waals surface area contributed by atoms with E-state index < -0.39 is 0 Å². The third-order valence-corrected chi connectivity index (χ3v) is 7.31. The van der Waals surface area contributed by atoms with Gasteiger partial charge in [0.25, 0.3) is 5.56 Å². The fourth-order valence-electron chi connectivity index (χ4n) is 3.55. The van der Waals surface area contributed by atoms with Gasteiger partial charge in [0, 0.05) is 30.0 Å². The molecule has 1 N–H and O–H groups in total. The minimum Gasteiger partial charge on any atom is -0.497 e. The monoisotopic (exact) mass is 467 g/mol. The lowest BCUT2D eigenvalue weighted by Gasteiger charge is -2.14. The Labute approximate surface area is 195 Å². The van der Waals surface area contributed by atoms with Gasteiger partial charge in [-0.1, -0.05) is 55.1 Å². The molecule has 0 bridgehead atoms. The minimum atomic E-state index is -0.157. The number of fused-ring (bicyclic) bond motifs is 1. The number of rotatable bonds is 8. The van der Waals surface area contributed by atoms with Gasteiger partial charge in [0.2, 0.25) is 5.91 Å². The Kier molecular flexibility index (Phi) is 7.22. The molecule has 1 aliphatic rings. The van der Waals surface area contributed by atoms with E-state index in [-0.39, 0.29) is 17.2 Å². The van der Waals surface area contributed by atoms with Crippen molar-refractivity contribution in [1.29, 1.82) is 0 Å². The predicted octanol–water partition coefficient (Wildman–Crippen LogP) is 4.26. The van der Waals surface area contributed by atoms with E-state index in [4.69, 9.17) is 9.72 Å². The number of aryl methyl sites for hydroxylation is 1. The Morgan fingerprint density at radius 2 is 2.06 bits per heavy atom. The molecule has 1 amide bonds. The molecule has 6 nitrogen and oxygen atoms in total. The number of nitrogens with one attached hydrogen (secondary N) is 1. The summed E-state index contributed by atoms with van der Waals surface area (Å²) in [6.07, 6.45) is 1.50. The second-order valence-corrected chi connectivity index (χ2v) is 9.96. The van der Waals surface area contributed by atoms with Crippen molar-refractivity contribution in [3.63, 3.8) is 0 Å². The Bertz CT molecular complexity index is 1160. The summed E-state index contributed by atoms with van der Waals surface area (Å²) in [4.78, 5) is 31.3. The summed E-state index contributed by atoms with van der Waals surface area (Å²) in [5.41, 5.74) is 2.67. The van der Waals surface area contributed by atoms with Crippen LogP contribution in [0, 0.1) is 0 Å². The van der Waals surface area contributed by atoms with E-state index in [2.05, 4.69) is 24.4 Å². The molecule has 1 aromatic heterocycles. The highest BCUT2D eigenvalue weighted by atomic mass is 32.2. The van der Waals surface area contributed by atoms with Gasteiger partial charge in [-0.3, -0.25) is 14.2 Å². The molecule has 2 aromatic carbocycles. The predicted molar refractivity (Wildman–Crippen MR) is 130 cm³/mol. The van der Waals surface area contributed by atoms with Gasteiger partial charge in [0.1, 0.15) is 5.75 Å². The fraction of sp³-hybridized carbons (Fsp3) is 0.292. The summed E-state index contributed by atoms with van der Waals surface area (Å²) < 4.78 is 6.93. The van der Waals surface area contributed by atoms with Crippen LogP contribution in [0.4, 0.5) is 5.69 Å². The van der Waals surface area contributed by atoms with Crippen molar-refractivity contribution in [1.82, 2.24) is 9.55 Å². The Morgan fingerprint density at radius 3 is 2.84 bits per heavy atom. The van der Waals surface area contributed by atoms with Crippen molar-refractivity contribution in [3.05, 3.63) is 76.2 Å². The number of anilines is 1. The first-order valence-electron chi connectivity index (χ1n) is 10.4. The van der Waals surface area contributed by atoms with Crippen LogP contribution in [0.15, 0.2) is 69.4 Å². The van der Waals surface area contributed by atoms with E-state index in [0.717, 1.165) is 29.0 Å². The van der Waals surface area contributed by atoms with Gasteiger partial charge >= 0.3 is 0 Å². The lowest BCUT2D eigenvalue weighted by atomic mass is 10.1. The summed E-state index contributed by atoms with van der Waals surface area (Å²) in [5.74, 6) is 0.684. The molecule has 0 aliphatic carbocycles. The highest BCUT2D eigenvalue weighted by Gasteiger charge is 2.26. The molecule has 8 heteroatoms. The third kappa shape index (κ3) is 5.37. The van der Waals surface area contributed by atoms with Crippen LogP contribution in [-0.4, -0.2) is 33.6 Å². The summed E-state index contributed by atoms with van der Waals surface area (Å²) in [5, 5.41) is 3.81. The molecule has 4 rings (SSSR count). The number of amides is 1. The summed E-state index contributed by atoms with van der Waals surface area (Å²) in [6.45, 7) is 2.63. The smallest absolute Gasteiger partial charge is 0.268 e. The molecule has 3 aromatic rings. The summed E-state index contributed by atoms with van der Waals surface area (Å²) in [6, 6.07) is 17.3. The van der Waals surface area contributed by atoms with Gasteiger partial charge in [-0.25, -0.2) is 4.98 Å². The van der Waals surface area contributed by atoms with Crippen molar-refractivity contribution >= 4 is 35.1 Å². The average Bonchev–Trinajstić information content (AvgIpc) is 3.18. The summed E-state index contributed by atoms with van der Waals surface area (Å²) in [7, 11) is 1.59. The Hall–Kier alpha value is -2.71. The van der Waals surface area contributed by atoms with E-state index in [1.54, 1.807) is 29.5 Å². The molecule has 1 aliphatic heterocycles. The standard InChI is InChI=1S/C24H25N3O3S2/c1-16-13-20-22(32-16)23(29)27(12-11-17-7-4-3-5-8-17)24(26-20)31-15-21(28)25-18-9-6-10-19(14-18)30-2/h3-10,14,16H,11-13,15H2,1-2H3,(H,25,28). The van der Waals surface area contributed by atoms with Gasteiger partial charge in [-0.2, -0.15) is 0 Å². The number of nitrogens with zero attached hydrogens (tertiary/aromatic N) is 2. The quantitative estimate of drug-likeness (QED) is 0.394. The molecule has 2 heterocycles. The van der Waals surface area contributed by atoms with Crippen molar-refractivity contribution < 1.29 is 9.53 Å². The van der Waals surface area contributed by atoms with Gasteiger partial charge in [0.05, 0.1) is 23.5 Å². The molecule has 0 fully saturated rings. The Morgan fingerprint density at radius 1 is 1.25 bits per heavy atom. The second-order valence-electron chi connectivity index (χ2n) is 7.56. The first-order valence-corrected chi connectivity index (χ1v) is 12.3. The first-order chi connectivity index (χ1) is 15.5. The highest BCUT2D eigenvalue weighted by Crippen LogP contribution is 2.34. The van der Waals surface area contributed by atoms with E-state index in [1.165, 1.54) is 11.8 Å². The van der Waals surface area contributed by atoms with Gasteiger partial charge in [-0.05, 0) is 24.1 Å². The molecule has 1 atom stereocenters.